The zero-order valence-corrected chi connectivity index (χ0v) is 9.33. The quantitative estimate of drug-likeness (QED) is 0.780. The first-order valence-corrected chi connectivity index (χ1v) is 6.43. The molecule has 0 atom stereocenters. The molecule has 1 aromatic heterocycles. The molecule has 84 valence electrons. The lowest BCUT2D eigenvalue weighted by Gasteiger charge is -2.05. The van der Waals surface area contributed by atoms with Gasteiger partial charge in [0, 0.05) is 30.2 Å². The second-order valence-electron chi connectivity index (χ2n) is 3.23. The summed E-state index contributed by atoms with van der Waals surface area (Å²) in [4.78, 5) is 11.3. The minimum absolute atomic E-state index is 0.0349. The number of pyridine rings is 1. The van der Waals surface area contributed by atoms with Crippen LogP contribution in [0.1, 0.15) is 6.92 Å². The highest BCUT2D eigenvalue weighted by molar-refractivity contribution is 7.91. The van der Waals surface area contributed by atoms with Gasteiger partial charge in [-0.3, -0.25) is 4.79 Å². The Morgan fingerprint density at radius 1 is 1.40 bits per heavy atom. The number of nitrogens with two attached hydrogens (primary N) is 1. The fourth-order valence-corrected chi connectivity index (χ4v) is 1.87. The van der Waals surface area contributed by atoms with Crippen molar-refractivity contribution in [2.24, 2.45) is 0 Å². The molecule has 0 radical (unpaired) electrons. The minimum atomic E-state index is -3.05. The molecule has 6 heteroatoms. The fourth-order valence-electron chi connectivity index (χ4n) is 1.11. The van der Waals surface area contributed by atoms with Gasteiger partial charge >= 0.3 is 0 Å². The van der Waals surface area contributed by atoms with E-state index < -0.39 is 9.84 Å². The van der Waals surface area contributed by atoms with Crippen molar-refractivity contribution in [1.29, 1.82) is 0 Å². The molecule has 0 bridgehead atoms. The Hall–Kier alpha value is -1.30. The molecule has 1 aromatic rings. The standard InChI is InChI=1S/C9H14N2O3S/c1-2-15(13,14)6-5-11-7-8(10)3-4-9(11)12/h3-4,7H,2,5-6,10H2,1H3. The molecule has 0 saturated carbocycles. The van der Waals surface area contributed by atoms with Crippen molar-refractivity contribution in [3.05, 3.63) is 28.7 Å². The van der Waals surface area contributed by atoms with Crippen LogP contribution < -0.4 is 11.3 Å². The van der Waals surface area contributed by atoms with E-state index in [4.69, 9.17) is 5.73 Å². The van der Waals surface area contributed by atoms with Crippen LogP contribution in [0.5, 0.6) is 0 Å². The second kappa shape index (κ2) is 4.48. The van der Waals surface area contributed by atoms with Crippen LogP contribution in [-0.4, -0.2) is 24.5 Å². The van der Waals surface area contributed by atoms with Gasteiger partial charge in [0.2, 0.25) is 0 Å². The molecule has 0 spiro atoms. The van der Waals surface area contributed by atoms with Gasteiger partial charge in [0.25, 0.3) is 5.56 Å². The molecule has 15 heavy (non-hydrogen) atoms. The largest absolute Gasteiger partial charge is 0.398 e. The van der Waals surface area contributed by atoms with Crippen LogP contribution in [-0.2, 0) is 16.4 Å². The third-order valence-corrected chi connectivity index (χ3v) is 3.77. The highest BCUT2D eigenvalue weighted by atomic mass is 32.2. The minimum Gasteiger partial charge on any atom is -0.398 e. The molecule has 2 N–H and O–H groups in total. The van der Waals surface area contributed by atoms with Gasteiger partial charge in [0.1, 0.15) is 0 Å². The first-order valence-electron chi connectivity index (χ1n) is 4.61. The maximum Gasteiger partial charge on any atom is 0.250 e. The smallest absolute Gasteiger partial charge is 0.250 e. The zero-order valence-electron chi connectivity index (χ0n) is 8.51. The summed E-state index contributed by atoms with van der Waals surface area (Å²) in [6, 6.07) is 2.82. The van der Waals surface area contributed by atoms with Gasteiger partial charge in [0.05, 0.1) is 5.75 Å². The number of sulfone groups is 1. The van der Waals surface area contributed by atoms with Crippen LogP contribution >= 0.6 is 0 Å². The molecule has 0 unspecified atom stereocenters. The van der Waals surface area contributed by atoms with Crippen LogP contribution in [0.3, 0.4) is 0 Å². The third-order valence-electron chi connectivity index (χ3n) is 2.09. The van der Waals surface area contributed by atoms with Gasteiger partial charge in [-0.2, -0.15) is 0 Å². The molecule has 0 aromatic carbocycles. The van der Waals surface area contributed by atoms with E-state index in [-0.39, 0.29) is 23.6 Å². The molecular formula is C9H14N2O3S. The fraction of sp³-hybridized carbons (Fsp3) is 0.444. The topological polar surface area (TPSA) is 82.2 Å². The van der Waals surface area contributed by atoms with E-state index in [9.17, 15) is 13.2 Å². The van der Waals surface area contributed by atoms with Crippen molar-refractivity contribution in [1.82, 2.24) is 4.57 Å². The summed E-state index contributed by atoms with van der Waals surface area (Å²) in [7, 11) is -3.05. The summed E-state index contributed by atoms with van der Waals surface area (Å²) in [5.74, 6) is 0.0525. The summed E-state index contributed by atoms with van der Waals surface area (Å²) in [6.45, 7) is 1.73. The summed E-state index contributed by atoms with van der Waals surface area (Å²) in [5.41, 5.74) is 5.70. The van der Waals surface area contributed by atoms with Gasteiger partial charge in [-0.15, -0.1) is 0 Å². The molecule has 0 aliphatic heterocycles. The molecule has 5 nitrogen and oxygen atoms in total. The molecule has 0 fully saturated rings. The predicted octanol–water partition coefficient (Wildman–Crippen LogP) is -0.135. The number of rotatable bonds is 4. The first kappa shape index (κ1) is 11.8. The Bertz CT molecular complexity index is 490. The molecule has 0 aliphatic rings. The molecule has 1 heterocycles. The number of hydrogen-bond donors (Lipinski definition) is 1. The summed E-state index contributed by atoms with van der Waals surface area (Å²) in [6.07, 6.45) is 1.45. The number of aromatic nitrogens is 1. The Morgan fingerprint density at radius 2 is 2.07 bits per heavy atom. The maximum atomic E-state index is 11.3. The Labute approximate surface area is 88.4 Å². The molecule has 0 saturated heterocycles. The zero-order chi connectivity index (χ0) is 11.5. The van der Waals surface area contributed by atoms with Crippen molar-refractivity contribution in [3.8, 4) is 0 Å². The van der Waals surface area contributed by atoms with Crippen LogP contribution in [0.15, 0.2) is 23.1 Å². The van der Waals surface area contributed by atoms with Crippen LogP contribution in [0, 0.1) is 0 Å². The number of nitrogens with zero attached hydrogens (tertiary/aromatic N) is 1. The number of nitrogen functional groups attached to an aromatic ring is 1. The summed E-state index contributed by atoms with van der Waals surface area (Å²) in [5, 5.41) is 0. The highest BCUT2D eigenvalue weighted by Crippen LogP contribution is 1.97. The van der Waals surface area contributed by atoms with Crippen LogP contribution in [0.25, 0.3) is 0 Å². The van der Waals surface area contributed by atoms with Crippen molar-refractivity contribution < 1.29 is 8.42 Å². The lowest BCUT2D eigenvalue weighted by Crippen LogP contribution is -2.23. The molecular weight excluding hydrogens is 216 g/mol. The predicted molar refractivity (Wildman–Crippen MR) is 59.4 cm³/mol. The van der Waals surface area contributed by atoms with E-state index in [0.717, 1.165) is 0 Å². The normalized spacial score (nSPS) is 11.5. The van der Waals surface area contributed by atoms with E-state index in [0.29, 0.717) is 5.69 Å². The number of aryl methyl sites for hydroxylation is 1. The van der Waals surface area contributed by atoms with Crippen molar-refractivity contribution in [3.63, 3.8) is 0 Å². The summed E-state index contributed by atoms with van der Waals surface area (Å²) < 4.78 is 23.8. The van der Waals surface area contributed by atoms with Crippen LogP contribution in [0.2, 0.25) is 0 Å². The van der Waals surface area contributed by atoms with E-state index in [1.165, 1.54) is 22.9 Å². The van der Waals surface area contributed by atoms with Gasteiger partial charge in [-0.25, -0.2) is 8.42 Å². The Balaban J connectivity index is 2.82. The monoisotopic (exact) mass is 230 g/mol. The Kier molecular flexibility index (Phi) is 3.52. The lowest BCUT2D eigenvalue weighted by atomic mass is 10.4. The van der Waals surface area contributed by atoms with E-state index in [1.54, 1.807) is 6.92 Å². The van der Waals surface area contributed by atoms with Crippen molar-refractivity contribution in [2.45, 2.75) is 13.5 Å². The summed E-state index contributed by atoms with van der Waals surface area (Å²) >= 11 is 0. The van der Waals surface area contributed by atoms with Crippen molar-refractivity contribution >= 4 is 15.5 Å². The maximum absolute atomic E-state index is 11.3. The van der Waals surface area contributed by atoms with Gasteiger partial charge in [-0.05, 0) is 6.07 Å². The van der Waals surface area contributed by atoms with E-state index in [2.05, 4.69) is 0 Å². The average molecular weight is 230 g/mol. The number of anilines is 1. The third kappa shape index (κ3) is 3.39. The first-order chi connectivity index (χ1) is 6.94. The second-order valence-corrected chi connectivity index (χ2v) is 5.70. The average Bonchev–Trinajstić information content (AvgIpc) is 2.20. The Morgan fingerprint density at radius 3 is 2.67 bits per heavy atom. The molecule has 0 aliphatic carbocycles. The van der Waals surface area contributed by atoms with Gasteiger partial charge < -0.3 is 10.3 Å². The number of hydrogen-bond acceptors (Lipinski definition) is 4. The SMILES string of the molecule is CCS(=O)(=O)CCn1cc(N)ccc1=O. The van der Waals surface area contributed by atoms with Gasteiger partial charge in [0.15, 0.2) is 9.84 Å². The van der Waals surface area contributed by atoms with Crippen LogP contribution in [0.4, 0.5) is 5.69 Å². The molecule has 1 rings (SSSR count). The molecule has 0 amide bonds. The van der Waals surface area contributed by atoms with Gasteiger partial charge in [-0.1, -0.05) is 6.92 Å². The van der Waals surface area contributed by atoms with E-state index in [1.807, 2.05) is 0 Å². The van der Waals surface area contributed by atoms with Crippen molar-refractivity contribution in [2.75, 3.05) is 17.2 Å². The highest BCUT2D eigenvalue weighted by Gasteiger charge is 2.07. The lowest BCUT2D eigenvalue weighted by molar-refractivity contribution is 0.588. The van der Waals surface area contributed by atoms with E-state index >= 15 is 0 Å².